The second kappa shape index (κ2) is 8.20. The molecule has 0 bridgehead atoms. The van der Waals surface area contributed by atoms with Crippen molar-refractivity contribution in [2.45, 2.75) is 27.5 Å². The fraction of sp³-hybridized carbons (Fsp3) is 0.286. The molecule has 0 amide bonds. The maximum atomic E-state index is 8.61. The van der Waals surface area contributed by atoms with Crippen LogP contribution in [-0.4, -0.2) is 5.75 Å². The van der Waals surface area contributed by atoms with Crippen LogP contribution in [0.2, 0.25) is 0 Å². The van der Waals surface area contributed by atoms with Crippen LogP contribution < -0.4 is 0 Å². The third kappa shape index (κ3) is 4.90. The number of aryl methyl sites for hydroxylation is 1. The molecular weight excluding hydrogens is 342 g/mol. The molecule has 1 aromatic carbocycles. The van der Waals surface area contributed by atoms with Crippen molar-refractivity contribution in [3.05, 3.63) is 38.5 Å². The first kappa shape index (κ1) is 16.1. The van der Waals surface area contributed by atoms with Crippen LogP contribution >= 0.6 is 58.4 Å². The fourth-order valence-electron chi connectivity index (χ4n) is 1.45. The van der Waals surface area contributed by atoms with Crippen LogP contribution in [0.3, 0.4) is 0 Å². The quantitative estimate of drug-likeness (QED) is 0.352. The standard InChI is InChI=1S/C14H13NS5/c1-10-3-5-11(6-4-10)9-18-13-12(17-8-2-7-15)19-14(16)20-13/h3-6H,2,8-9H2,1H3. The number of rotatable bonds is 6. The van der Waals surface area contributed by atoms with E-state index in [-0.39, 0.29) is 0 Å². The Labute approximate surface area is 141 Å². The van der Waals surface area contributed by atoms with Gasteiger partial charge in [0.1, 0.15) is 3.14 Å². The first-order valence-corrected chi connectivity index (χ1v) is 10.0. The molecule has 0 radical (unpaired) electrons. The second-order valence-corrected chi connectivity index (χ2v) is 9.89. The van der Waals surface area contributed by atoms with Gasteiger partial charge in [-0.2, -0.15) is 5.26 Å². The normalized spacial score (nSPS) is 10.4. The van der Waals surface area contributed by atoms with E-state index in [1.54, 1.807) is 34.4 Å². The molecule has 104 valence electrons. The molecule has 0 unspecified atom stereocenters. The molecule has 20 heavy (non-hydrogen) atoms. The number of benzene rings is 1. The van der Waals surface area contributed by atoms with Crippen LogP contribution in [0.25, 0.3) is 0 Å². The van der Waals surface area contributed by atoms with Crippen molar-refractivity contribution in [2.75, 3.05) is 5.75 Å². The number of nitrogens with zero attached hydrogens (tertiary/aromatic N) is 1. The molecule has 2 rings (SSSR count). The molecule has 0 N–H and O–H groups in total. The maximum absolute atomic E-state index is 8.61. The van der Waals surface area contributed by atoms with Crippen LogP contribution in [0.15, 0.2) is 32.7 Å². The minimum atomic E-state index is 0.585. The Hall–Kier alpha value is -0.320. The maximum Gasteiger partial charge on any atom is 0.145 e. The highest BCUT2D eigenvalue weighted by Gasteiger charge is 2.09. The summed E-state index contributed by atoms with van der Waals surface area (Å²) >= 11 is 12.2. The Bertz CT molecular complexity index is 647. The van der Waals surface area contributed by atoms with E-state index in [4.69, 9.17) is 17.5 Å². The van der Waals surface area contributed by atoms with Crippen LogP contribution in [0.5, 0.6) is 0 Å². The molecule has 2 aromatic rings. The van der Waals surface area contributed by atoms with Crippen LogP contribution in [0.1, 0.15) is 17.5 Å². The third-order valence-corrected chi connectivity index (χ3v) is 8.11. The molecule has 0 saturated carbocycles. The van der Waals surface area contributed by atoms with Crippen LogP contribution in [0.4, 0.5) is 0 Å². The van der Waals surface area contributed by atoms with Gasteiger partial charge in [-0.25, -0.2) is 0 Å². The summed E-state index contributed by atoms with van der Waals surface area (Å²) in [5.41, 5.74) is 2.62. The summed E-state index contributed by atoms with van der Waals surface area (Å²) in [5.74, 6) is 1.81. The zero-order chi connectivity index (χ0) is 14.4. The van der Waals surface area contributed by atoms with E-state index in [9.17, 15) is 0 Å². The second-order valence-electron chi connectivity index (χ2n) is 4.06. The summed E-state index contributed by atoms with van der Waals surface area (Å²) in [4.78, 5) is 0. The highest BCUT2D eigenvalue weighted by Crippen LogP contribution is 2.41. The lowest BCUT2D eigenvalue weighted by Crippen LogP contribution is -1.81. The molecular formula is C14H13NS5. The van der Waals surface area contributed by atoms with Gasteiger partial charge in [-0.3, -0.25) is 0 Å². The molecule has 6 heteroatoms. The van der Waals surface area contributed by atoms with Gasteiger partial charge in [0.05, 0.1) is 14.5 Å². The first-order valence-electron chi connectivity index (χ1n) is 6.01. The molecule has 0 atom stereocenters. The van der Waals surface area contributed by atoms with Crippen molar-refractivity contribution in [2.24, 2.45) is 0 Å². The lowest BCUT2D eigenvalue weighted by molar-refractivity contribution is 1.24. The lowest BCUT2D eigenvalue weighted by Gasteiger charge is -2.02. The van der Waals surface area contributed by atoms with E-state index in [2.05, 4.69) is 37.3 Å². The number of hydrogen-bond acceptors (Lipinski definition) is 6. The van der Waals surface area contributed by atoms with E-state index in [1.807, 2.05) is 11.8 Å². The van der Waals surface area contributed by atoms with E-state index in [1.165, 1.54) is 19.5 Å². The van der Waals surface area contributed by atoms with Gasteiger partial charge in [0.15, 0.2) is 0 Å². The Morgan fingerprint density at radius 1 is 1.15 bits per heavy atom. The SMILES string of the molecule is Cc1ccc(CSc2sc(=S)sc2SCCC#N)cc1. The summed E-state index contributed by atoms with van der Waals surface area (Å²) in [6, 6.07) is 10.8. The predicted molar refractivity (Wildman–Crippen MR) is 94.7 cm³/mol. The molecule has 1 nitrogen and oxygen atoms in total. The Balaban J connectivity index is 2.00. The number of hydrogen-bond donors (Lipinski definition) is 0. The molecule has 0 aliphatic rings. The largest absolute Gasteiger partial charge is 0.198 e. The van der Waals surface area contributed by atoms with Crippen molar-refractivity contribution in [3.63, 3.8) is 0 Å². The predicted octanol–water partition coefficient (Wildman–Crippen LogP) is 6.15. The molecule has 1 heterocycles. The molecule has 0 saturated heterocycles. The van der Waals surface area contributed by atoms with Crippen molar-refractivity contribution < 1.29 is 0 Å². The zero-order valence-corrected chi connectivity index (χ0v) is 15.0. The van der Waals surface area contributed by atoms with Crippen molar-refractivity contribution in [3.8, 4) is 6.07 Å². The van der Waals surface area contributed by atoms with Gasteiger partial charge >= 0.3 is 0 Å². The summed E-state index contributed by atoms with van der Waals surface area (Å²) in [6.45, 7) is 2.10. The average Bonchev–Trinajstić information content (AvgIpc) is 2.79. The Kier molecular flexibility index (Phi) is 6.59. The van der Waals surface area contributed by atoms with Crippen LogP contribution in [-0.2, 0) is 5.75 Å². The summed E-state index contributed by atoms with van der Waals surface area (Å²) in [7, 11) is 0. The highest BCUT2D eigenvalue weighted by molar-refractivity contribution is 8.05. The van der Waals surface area contributed by atoms with E-state index in [0.717, 1.165) is 14.6 Å². The van der Waals surface area contributed by atoms with Crippen LogP contribution in [0, 0.1) is 21.4 Å². The summed E-state index contributed by atoms with van der Waals surface area (Å²) < 4.78 is 3.53. The Morgan fingerprint density at radius 3 is 2.45 bits per heavy atom. The first-order chi connectivity index (χ1) is 9.69. The Morgan fingerprint density at radius 2 is 1.80 bits per heavy atom. The van der Waals surface area contributed by atoms with Gasteiger partial charge in [0.25, 0.3) is 0 Å². The van der Waals surface area contributed by atoms with Gasteiger partial charge in [-0.05, 0) is 12.5 Å². The van der Waals surface area contributed by atoms with E-state index >= 15 is 0 Å². The van der Waals surface area contributed by atoms with Gasteiger partial charge in [-0.1, -0.05) is 42.0 Å². The molecule has 0 aliphatic heterocycles. The highest BCUT2D eigenvalue weighted by atomic mass is 32.2. The minimum Gasteiger partial charge on any atom is -0.198 e. The lowest BCUT2D eigenvalue weighted by atomic mass is 10.2. The topological polar surface area (TPSA) is 23.8 Å². The minimum absolute atomic E-state index is 0.585. The fourth-order valence-corrected chi connectivity index (χ4v) is 7.43. The van der Waals surface area contributed by atoms with Gasteiger partial charge in [-0.15, -0.1) is 46.2 Å². The third-order valence-electron chi connectivity index (χ3n) is 2.46. The van der Waals surface area contributed by atoms with E-state index < -0.39 is 0 Å². The molecule has 0 spiro atoms. The summed E-state index contributed by atoms with van der Waals surface area (Å²) in [6.07, 6.45) is 0.585. The van der Waals surface area contributed by atoms with Crippen molar-refractivity contribution in [1.82, 2.24) is 0 Å². The van der Waals surface area contributed by atoms with Crippen molar-refractivity contribution in [1.29, 1.82) is 5.26 Å². The average molecular weight is 356 g/mol. The van der Waals surface area contributed by atoms with Gasteiger partial charge in [0, 0.05) is 17.9 Å². The molecule has 1 aromatic heterocycles. The van der Waals surface area contributed by atoms with Gasteiger partial charge in [0.2, 0.25) is 0 Å². The van der Waals surface area contributed by atoms with Crippen molar-refractivity contribution >= 4 is 58.4 Å². The molecule has 0 fully saturated rings. The smallest absolute Gasteiger partial charge is 0.145 e. The number of thioether (sulfide) groups is 2. The monoisotopic (exact) mass is 355 g/mol. The van der Waals surface area contributed by atoms with E-state index in [0.29, 0.717) is 6.42 Å². The number of nitriles is 1. The zero-order valence-electron chi connectivity index (χ0n) is 10.9. The summed E-state index contributed by atoms with van der Waals surface area (Å²) in [5, 5.41) is 8.61. The van der Waals surface area contributed by atoms with Gasteiger partial charge < -0.3 is 0 Å². The molecule has 0 aliphatic carbocycles.